The van der Waals surface area contributed by atoms with Crippen LogP contribution in [0.4, 0.5) is 4.39 Å². The van der Waals surface area contributed by atoms with E-state index in [9.17, 15) is 14.0 Å². The van der Waals surface area contributed by atoms with E-state index in [2.05, 4.69) is 16.3 Å². The van der Waals surface area contributed by atoms with Crippen molar-refractivity contribution in [2.45, 2.75) is 13.0 Å². The van der Waals surface area contributed by atoms with Crippen molar-refractivity contribution in [1.29, 1.82) is 0 Å². The smallest absolute Gasteiger partial charge is 0.276 e. The van der Waals surface area contributed by atoms with Crippen molar-refractivity contribution in [2.24, 2.45) is 0 Å². The fourth-order valence-corrected chi connectivity index (χ4v) is 2.42. The summed E-state index contributed by atoms with van der Waals surface area (Å²) in [5.41, 5.74) is 1.41. The third-order valence-electron chi connectivity index (χ3n) is 3.71. The highest BCUT2D eigenvalue weighted by Gasteiger charge is 2.10. The largest absolute Gasteiger partial charge is 0.345 e. The van der Waals surface area contributed by atoms with E-state index in [0.29, 0.717) is 16.8 Å². The van der Waals surface area contributed by atoms with Gasteiger partial charge in [0.15, 0.2) is 0 Å². The van der Waals surface area contributed by atoms with Gasteiger partial charge in [-0.2, -0.15) is 5.10 Å². The lowest BCUT2D eigenvalue weighted by molar-refractivity contribution is -0.121. The first-order valence-electron chi connectivity index (χ1n) is 7.63. The van der Waals surface area contributed by atoms with Crippen LogP contribution in [0.25, 0.3) is 16.8 Å². The predicted octanol–water partition coefficient (Wildman–Crippen LogP) is 1.44. The Bertz CT molecular complexity index is 1010. The summed E-state index contributed by atoms with van der Waals surface area (Å²) >= 11 is 0. The second-order valence-electron chi connectivity index (χ2n) is 5.39. The maximum absolute atomic E-state index is 13.0. The Morgan fingerprint density at radius 3 is 2.76 bits per heavy atom. The van der Waals surface area contributed by atoms with Gasteiger partial charge in [0.25, 0.3) is 5.56 Å². The highest BCUT2D eigenvalue weighted by molar-refractivity contribution is 5.76. The van der Waals surface area contributed by atoms with Crippen LogP contribution in [0.15, 0.2) is 47.5 Å². The number of rotatable bonds is 5. The molecule has 1 N–H and O–H groups in total. The first-order valence-corrected chi connectivity index (χ1v) is 7.63. The summed E-state index contributed by atoms with van der Waals surface area (Å²) in [7, 11) is 0. The van der Waals surface area contributed by atoms with Crippen LogP contribution in [-0.2, 0) is 11.3 Å². The summed E-state index contributed by atoms with van der Waals surface area (Å²) < 4.78 is 15.9. The van der Waals surface area contributed by atoms with Crippen LogP contribution in [0, 0.1) is 18.2 Å². The van der Waals surface area contributed by atoms with Crippen LogP contribution in [0.2, 0.25) is 0 Å². The van der Waals surface area contributed by atoms with E-state index in [4.69, 9.17) is 6.42 Å². The topological polar surface area (TPSA) is 68.4 Å². The summed E-state index contributed by atoms with van der Waals surface area (Å²) in [5, 5.41) is 6.88. The van der Waals surface area contributed by atoms with E-state index in [1.807, 2.05) is 0 Å². The Morgan fingerprint density at radius 1 is 1.28 bits per heavy atom. The van der Waals surface area contributed by atoms with E-state index in [1.54, 1.807) is 30.6 Å². The van der Waals surface area contributed by atoms with Crippen LogP contribution < -0.4 is 10.9 Å². The van der Waals surface area contributed by atoms with Gasteiger partial charge >= 0.3 is 0 Å². The van der Waals surface area contributed by atoms with Gasteiger partial charge in [-0.15, -0.1) is 6.42 Å². The van der Waals surface area contributed by atoms with Gasteiger partial charge in [0.2, 0.25) is 5.91 Å². The van der Waals surface area contributed by atoms with E-state index in [0.717, 1.165) is 0 Å². The molecule has 0 bridgehead atoms. The molecule has 0 aliphatic carbocycles. The number of nitrogens with one attached hydrogen (secondary N) is 1. The van der Waals surface area contributed by atoms with Gasteiger partial charge in [0.1, 0.15) is 11.3 Å². The number of amides is 1. The van der Waals surface area contributed by atoms with Crippen molar-refractivity contribution in [3.63, 3.8) is 0 Å². The predicted molar refractivity (Wildman–Crippen MR) is 91.3 cm³/mol. The van der Waals surface area contributed by atoms with Crippen molar-refractivity contribution < 1.29 is 9.18 Å². The number of aryl methyl sites for hydroxylation is 1. The number of hydrogen-bond acceptors (Lipinski definition) is 3. The number of hydrogen-bond donors (Lipinski definition) is 1. The molecule has 0 spiro atoms. The molecule has 0 aliphatic heterocycles. The molecule has 0 saturated carbocycles. The molecule has 25 heavy (non-hydrogen) atoms. The Labute approximate surface area is 142 Å². The third-order valence-corrected chi connectivity index (χ3v) is 3.71. The molecular formula is C18H15FN4O2. The minimum absolute atomic E-state index is 0.150. The van der Waals surface area contributed by atoms with Crippen LogP contribution in [0.3, 0.4) is 0 Å². The van der Waals surface area contributed by atoms with Crippen LogP contribution in [0.1, 0.15) is 6.42 Å². The second kappa shape index (κ2) is 7.01. The number of fused-ring (bicyclic) bond motifs is 1. The highest BCUT2D eigenvalue weighted by Crippen LogP contribution is 2.18. The molecule has 3 aromatic rings. The zero-order valence-electron chi connectivity index (χ0n) is 13.3. The number of terminal acetylenes is 1. The van der Waals surface area contributed by atoms with Crippen molar-refractivity contribution in [3.05, 3.63) is 58.9 Å². The Kier molecular flexibility index (Phi) is 4.61. The molecule has 0 fully saturated rings. The molecule has 1 aromatic carbocycles. The van der Waals surface area contributed by atoms with Crippen LogP contribution in [-0.4, -0.2) is 26.6 Å². The number of halogens is 1. The second-order valence-corrected chi connectivity index (χ2v) is 5.39. The van der Waals surface area contributed by atoms with E-state index in [-0.39, 0.29) is 36.8 Å². The SMILES string of the molecule is C#CCNC(=O)CCn1ccn2nc(-c3ccc(F)cc3)cc2c1=O. The van der Waals surface area contributed by atoms with Gasteiger partial charge in [-0.25, -0.2) is 8.91 Å². The quantitative estimate of drug-likeness (QED) is 0.716. The van der Waals surface area contributed by atoms with Crippen molar-refractivity contribution in [2.75, 3.05) is 6.54 Å². The summed E-state index contributed by atoms with van der Waals surface area (Å²) in [6.07, 6.45) is 8.44. The van der Waals surface area contributed by atoms with Gasteiger partial charge < -0.3 is 9.88 Å². The minimum Gasteiger partial charge on any atom is -0.345 e. The molecule has 2 aromatic heterocycles. The summed E-state index contributed by atoms with van der Waals surface area (Å²) in [6, 6.07) is 7.53. The number of carbonyl (C=O) groups excluding carboxylic acids is 1. The number of nitrogens with zero attached hydrogens (tertiary/aromatic N) is 3. The first kappa shape index (κ1) is 16.5. The van der Waals surface area contributed by atoms with E-state index < -0.39 is 0 Å². The first-order chi connectivity index (χ1) is 12.1. The average molecular weight is 338 g/mol. The fourth-order valence-electron chi connectivity index (χ4n) is 2.42. The normalized spacial score (nSPS) is 10.6. The molecule has 1 amide bonds. The van der Waals surface area contributed by atoms with E-state index >= 15 is 0 Å². The van der Waals surface area contributed by atoms with E-state index in [1.165, 1.54) is 21.2 Å². The molecule has 0 unspecified atom stereocenters. The van der Waals surface area contributed by atoms with Crippen LogP contribution >= 0.6 is 0 Å². The summed E-state index contributed by atoms with van der Waals surface area (Å²) in [5.74, 6) is 1.77. The molecule has 7 heteroatoms. The van der Waals surface area contributed by atoms with Gasteiger partial charge in [-0.3, -0.25) is 9.59 Å². The minimum atomic E-state index is -0.335. The standard InChI is InChI=1S/C18H15FN4O2/c1-2-8-20-17(24)7-9-22-10-11-23-16(18(22)25)12-15(21-23)13-3-5-14(19)6-4-13/h1,3-6,10-12H,7-9H2,(H,20,24). The lowest BCUT2D eigenvalue weighted by Gasteiger charge is -2.05. The van der Waals surface area contributed by atoms with Crippen molar-refractivity contribution in [1.82, 2.24) is 19.5 Å². The molecule has 126 valence electrons. The maximum Gasteiger partial charge on any atom is 0.276 e. The molecule has 0 radical (unpaired) electrons. The molecule has 2 heterocycles. The van der Waals surface area contributed by atoms with Gasteiger partial charge in [-0.05, 0) is 30.3 Å². The molecule has 3 rings (SSSR count). The Hall–Kier alpha value is -3.40. The molecular weight excluding hydrogens is 323 g/mol. The Balaban J connectivity index is 1.85. The number of benzene rings is 1. The summed E-state index contributed by atoms with van der Waals surface area (Å²) in [4.78, 5) is 24.1. The monoisotopic (exact) mass is 338 g/mol. The van der Waals surface area contributed by atoms with Crippen molar-refractivity contribution >= 4 is 11.4 Å². The zero-order valence-corrected chi connectivity index (χ0v) is 13.3. The Morgan fingerprint density at radius 2 is 2.04 bits per heavy atom. The van der Waals surface area contributed by atoms with Crippen LogP contribution in [0.5, 0.6) is 0 Å². The van der Waals surface area contributed by atoms with Crippen molar-refractivity contribution in [3.8, 4) is 23.6 Å². The molecule has 6 nitrogen and oxygen atoms in total. The van der Waals surface area contributed by atoms with Gasteiger partial charge in [0, 0.05) is 30.9 Å². The zero-order chi connectivity index (χ0) is 17.8. The third kappa shape index (κ3) is 3.58. The molecule has 0 saturated heterocycles. The fraction of sp³-hybridized carbons (Fsp3) is 0.167. The maximum atomic E-state index is 13.0. The number of aromatic nitrogens is 3. The lowest BCUT2D eigenvalue weighted by Crippen LogP contribution is -2.27. The summed E-state index contributed by atoms with van der Waals surface area (Å²) in [6.45, 7) is 0.402. The highest BCUT2D eigenvalue weighted by atomic mass is 19.1. The molecule has 0 atom stereocenters. The number of carbonyl (C=O) groups is 1. The molecule has 0 aliphatic rings. The van der Waals surface area contributed by atoms with Gasteiger partial charge in [0.05, 0.1) is 12.2 Å². The average Bonchev–Trinajstić information content (AvgIpc) is 3.05. The lowest BCUT2D eigenvalue weighted by atomic mass is 10.1. The van der Waals surface area contributed by atoms with Gasteiger partial charge in [-0.1, -0.05) is 5.92 Å².